The second-order valence-electron chi connectivity index (χ2n) is 4.46. The summed E-state index contributed by atoms with van der Waals surface area (Å²) in [5.74, 6) is 0.315. The second-order valence-corrected chi connectivity index (χ2v) is 4.46. The van der Waals surface area contributed by atoms with E-state index in [2.05, 4.69) is 10.6 Å². The predicted molar refractivity (Wildman–Crippen MR) is 58.1 cm³/mol. The highest BCUT2D eigenvalue weighted by molar-refractivity contribution is 5.84. The molecule has 0 aromatic carbocycles. The molecule has 85 valence electrons. The fourth-order valence-corrected chi connectivity index (χ4v) is 1.79. The standard InChI is InChI=1S/C11H19N2O2/c1-8(2)6-9(7-14)13-11(15)10-4-3-5-12-10/h8-10,12H,3-6H2,1-2H3,(H,13,15)/t9-,10-/m0/s1. The van der Waals surface area contributed by atoms with Gasteiger partial charge in [0, 0.05) is 0 Å². The molecule has 4 nitrogen and oxygen atoms in total. The molecule has 1 aliphatic rings. The second kappa shape index (κ2) is 5.85. The summed E-state index contributed by atoms with van der Waals surface area (Å²) >= 11 is 0. The number of hydrogen-bond acceptors (Lipinski definition) is 3. The molecule has 2 N–H and O–H groups in total. The molecule has 1 amide bonds. The van der Waals surface area contributed by atoms with E-state index in [0.29, 0.717) is 12.3 Å². The highest BCUT2D eigenvalue weighted by Gasteiger charge is 2.24. The van der Waals surface area contributed by atoms with E-state index in [1.807, 2.05) is 20.1 Å². The first-order valence-electron chi connectivity index (χ1n) is 5.55. The van der Waals surface area contributed by atoms with Crippen molar-refractivity contribution in [3.8, 4) is 0 Å². The summed E-state index contributed by atoms with van der Waals surface area (Å²) in [6.07, 6.45) is 4.42. The number of nitrogens with one attached hydrogen (secondary N) is 2. The van der Waals surface area contributed by atoms with Crippen LogP contribution < -0.4 is 10.6 Å². The van der Waals surface area contributed by atoms with Gasteiger partial charge in [-0.15, -0.1) is 0 Å². The van der Waals surface area contributed by atoms with Gasteiger partial charge in [0.05, 0.1) is 12.1 Å². The van der Waals surface area contributed by atoms with Crippen LogP contribution in [0.2, 0.25) is 0 Å². The number of carbonyl (C=O) groups is 1. The summed E-state index contributed by atoms with van der Waals surface area (Å²) in [6.45, 7) is 4.92. The number of carbonyl (C=O) groups excluding carboxylic acids is 2. The van der Waals surface area contributed by atoms with Crippen LogP contribution in [0, 0.1) is 5.92 Å². The third kappa shape index (κ3) is 4.00. The van der Waals surface area contributed by atoms with Crippen LogP contribution in [0.3, 0.4) is 0 Å². The van der Waals surface area contributed by atoms with Crippen LogP contribution in [0.5, 0.6) is 0 Å². The van der Waals surface area contributed by atoms with Crippen molar-refractivity contribution in [2.45, 2.75) is 45.2 Å². The molecule has 1 heterocycles. The molecule has 0 aromatic heterocycles. The van der Waals surface area contributed by atoms with E-state index in [4.69, 9.17) is 0 Å². The summed E-state index contributed by atoms with van der Waals surface area (Å²) in [4.78, 5) is 22.3. The Hall–Kier alpha value is -0.900. The van der Waals surface area contributed by atoms with Crippen LogP contribution in [0.25, 0.3) is 0 Å². The van der Waals surface area contributed by atoms with E-state index in [-0.39, 0.29) is 11.9 Å². The van der Waals surface area contributed by atoms with Crippen LogP contribution >= 0.6 is 0 Å². The van der Waals surface area contributed by atoms with Crippen molar-refractivity contribution in [3.63, 3.8) is 0 Å². The maximum atomic E-state index is 11.6. The van der Waals surface area contributed by atoms with Gasteiger partial charge in [0.2, 0.25) is 12.2 Å². The largest absolute Gasteiger partial charge is 0.344 e. The van der Waals surface area contributed by atoms with Gasteiger partial charge in [-0.05, 0) is 31.7 Å². The molecule has 0 aliphatic carbocycles. The summed E-state index contributed by atoms with van der Waals surface area (Å²) in [6, 6.07) is -0.576. The monoisotopic (exact) mass is 211 g/mol. The lowest BCUT2D eigenvalue weighted by Gasteiger charge is -2.17. The van der Waals surface area contributed by atoms with Gasteiger partial charge in [-0.2, -0.15) is 0 Å². The van der Waals surface area contributed by atoms with Crippen molar-refractivity contribution < 1.29 is 9.59 Å². The third-order valence-corrected chi connectivity index (χ3v) is 2.54. The highest BCUT2D eigenvalue weighted by Crippen LogP contribution is 2.07. The van der Waals surface area contributed by atoms with Gasteiger partial charge in [0.25, 0.3) is 0 Å². The van der Waals surface area contributed by atoms with E-state index >= 15 is 0 Å². The molecule has 1 rings (SSSR count). The fraction of sp³-hybridized carbons (Fsp3) is 0.818. The molecule has 1 saturated heterocycles. The summed E-state index contributed by atoms with van der Waals surface area (Å²) < 4.78 is 0. The molecule has 0 unspecified atom stereocenters. The van der Waals surface area contributed by atoms with Crippen LogP contribution in [-0.4, -0.2) is 30.8 Å². The minimum Gasteiger partial charge on any atom is -0.344 e. The summed E-state index contributed by atoms with van der Waals surface area (Å²) in [5, 5.41) is 5.81. The van der Waals surface area contributed by atoms with Crippen molar-refractivity contribution in [2.24, 2.45) is 5.92 Å². The number of rotatable bonds is 5. The first-order chi connectivity index (χ1) is 7.13. The zero-order valence-corrected chi connectivity index (χ0v) is 9.38. The average molecular weight is 211 g/mol. The van der Waals surface area contributed by atoms with Crippen molar-refractivity contribution >= 4 is 12.2 Å². The van der Waals surface area contributed by atoms with Gasteiger partial charge in [0.15, 0.2) is 0 Å². The smallest absolute Gasteiger partial charge is 0.237 e. The Balaban J connectivity index is 2.36. The first-order valence-corrected chi connectivity index (χ1v) is 5.55. The van der Waals surface area contributed by atoms with E-state index < -0.39 is 6.04 Å². The summed E-state index contributed by atoms with van der Waals surface area (Å²) in [5.41, 5.74) is 0. The van der Waals surface area contributed by atoms with E-state index in [9.17, 15) is 9.59 Å². The normalized spacial score (nSPS) is 22.7. The van der Waals surface area contributed by atoms with E-state index in [1.165, 1.54) is 0 Å². The molecule has 0 saturated carbocycles. The Bertz CT molecular complexity index is 223. The Labute approximate surface area is 90.8 Å². The Kier molecular flexibility index (Phi) is 4.75. The average Bonchev–Trinajstić information content (AvgIpc) is 2.68. The van der Waals surface area contributed by atoms with Gasteiger partial charge in [-0.3, -0.25) is 9.59 Å². The van der Waals surface area contributed by atoms with Gasteiger partial charge in [0.1, 0.15) is 0 Å². The molecule has 4 heteroatoms. The maximum absolute atomic E-state index is 11.6. The molecule has 2 atom stereocenters. The Morgan fingerprint density at radius 3 is 2.80 bits per heavy atom. The minimum absolute atomic E-state index is 0.0681. The van der Waals surface area contributed by atoms with Crippen LogP contribution in [0.1, 0.15) is 33.1 Å². The molecular formula is C11H19N2O2. The SMILES string of the molecule is CC(C)C[C@@H]([C]=O)NC(=O)[C@@H]1CCCN1. The number of hydrogen-bond donors (Lipinski definition) is 2. The first kappa shape index (κ1) is 12.2. The van der Waals surface area contributed by atoms with Crippen molar-refractivity contribution in [3.05, 3.63) is 0 Å². The topological polar surface area (TPSA) is 58.2 Å². The molecule has 1 fully saturated rings. The quantitative estimate of drug-likeness (QED) is 0.691. The zero-order chi connectivity index (χ0) is 11.3. The fourth-order valence-electron chi connectivity index (χ4n) is 1.79. The highest BCUT2D eigenvalue weighted by atomic mass is 16.2. The van der Waals surface area contributed by atoms with Gasteiger partial charge < -0.3 is 10.6 Å². The lowest BCUT2D eigenvalue weighted by Crippen LogP contribution is -2.46. The van der Waals surface area contributed by atoms with Crippen molar-refractivity contribution in [1.29, 1.82) is 0 Å². The van der Waals surface area contributed by atoms with E-state index in [0.717, 1.165) is 19.4 Å². The minimum atomic E-state index is -0.458. The van der Waals surface area contributed by atoms with Gasteiger partial charge in [-0.25, -0.2) is 0 Å². The van der Waals surface area contributed by atoms with Crippen LogP contribution in [-0.2, 0) is 9.59 Å². The Morgan fingerprint density at radius 1 is 1.60 bits per heavy atom. The maximum Gasteiger partial charge on any atom is 0.237 e. The molecule has 1 radical (unpaired) electrons. The molecule has 1 aliphatic heterocycles. The number of amides is 1. The zero-order valence-electron chi connectivity index (χ0n) is 9.38. The third-order valence-electron chi connectivity index (χ3n) is 2.54. The van der Waals surface area contributed by atoms with Gasteiger partial charge in [-0.1, -0.05) is 13.8 Å². The van der Waals surface area contributed by atoms with Crippen molar-refractivity contribution in [1.82, 2.24) is 10.6 Å². The summed E-state index contributed by atoms with van der Waals surface area (Å²) in [7, 11) is 0. The van der Waals surface area contributed by atoms with Crippen LogP contribution in [0.15, 0.2) is 0 Å². The lowest BCUT2D eigenvalue weighted by molar-refractivity contribution is -0.123. The van der Waals surface area contributed by atoms with Crippen LogP contribution in [0.4, 0.5) is 0 Å². The van der Waals surface area contributed by atoms with Crippen molar-refractivity contribution in [2.75, 3.05) is 6.54 Å². The molecule has 0 spiro atoms. The molecule has 0 bridgehead atoms. The lowest BCUT2D eigenvalue weighted by atomic mass is 10.0. The molecule has 15 heavy (non-hydrogen) atoms. The van der Waals surface area contributed by atoms with Gasteiger partial charge >= 0.3 is 0 Å². The Morgan fingerprint density at radius 2 is 2.33 bits per heavy atom. The molecule has 0 aromatic rings. The van der Waals surface area contributed by atoms with E-state index in [1.54, 1.807) is 0 Å². The molecular weight excluding hydrogens is 192 g/mol. The predicted octanol–water partition coefficient (Wildman–Crippen LogP) is 0.379.